The zero-order chi connectivity index (χ0) is 15.6. The molecule has 21 heavy (non-hydrogen) atoms. The van der Waals surface area contributed by atoms with Gasteiger partial charge in [-0.25, -0.2) is 8.78 Å². The Balaban J connectivity index is 2.36. The lowest BCUT2D eigenvalue weighted by atomic mass is 10.0. The lowest BCUT2D eigenvalue weighted by molar-refractivity contribution is 0.214. The third-order valence-corrected chi connectivity index (χ3v) is 3.59. The molecule has 0 saturated heterocycles. The number of aliphatic hydroxyl groups is 1. The van der Waals surface area contributed by atoms with Crippen molar-refractivity contribution < 1.29 is 18.6 Å². The maximum absolute atomic E-state index is 13.5. The largest absolute Gasteiger partial charge is 0.489 e. The summed E-state index contributed by atoms with van der Waals surface area (Å²) in [5.41, 5.74) is 0.650. The van der Waals surface area contributed by atoms with Crippen LogP contribution in [-0.4, -0.2) is 16.2 Å². The number of benzene rings is 1. The molecule has 0 saturated carbocycles. The number of aliphatic hydroxyl groups excluding tert-OH is 1. The normalized spacial score (nSPS) is 12.5. The van der Waals surface area contributed by atoms with Crippen LogP contribution in [0.2, 0.25) is 0 Å². The minimum absolute atomic E-state index is 0.0332. The maximum atomic E-state index is 13.5. The Kier molecular flexibility index (Phi) is 4.90. The van der Waals surface area contributed by atoms with E-state index in [0.717, 1.165) is 6.07 Å². The Morgan fingerprint density at radius 3 is 2.62 bits per heavy atom. The molecule has 0 bridgehead atoms. The van der Waals surface area contributed by atoms with Crippen molar-refractivity contribution in [2.24, 2.45) is 0 Å². The highest BCUT2D eigenvalue weighted by molar-refractivity contribution is 9.10. The number of aromatic nitrogens is 1. The minimum Gasteiger partial charge on any atom is -0.489 e. The van der Waals surface area contributed by atoms with Gasteiger partial charge in [0.1, 0.15) is 11.9 Å². The predicted octanol–water partition coefficient (Wildman–Crippen LogP) is 3.99. The number of nitrogens with zero attached hydrogens (tertiary/aromatic N) is 1. The summed E-state index contributed by atoms with van der Waals surface area (Å²) in [6, 6.07) is 3.91. The first-order valence-corrected chi connectivity index (χ1v) is 7.12. The van der Waals surface area contributed by atoms with Crippen LogP contribution in [0.3, 0.4) is 0 Å². The second-order valence-corrected chi connectivity index (χ2v) is 5.58. The summed E-state index contributed by atoms with van der Waals surface area (Å²) in [5, 5.41) is 10.3. The molecule has 2 rings (SSSR count). The summed E-state index contributed by atoms with van der Waals surface area (Å²) in [5.74, 6) is -1.51. The topological polar surface area (TPSA) is 42.4 Å². The maximum Gasteiger partial charge on any atom is 0.173 e. The van der Waals surface area contributed by atoms with E-state index in [9.17, 15) is 13.9 Å². The van der Waals surface area contributed by atoms with Crippen LogP contribution in [-0.2, 0) is 0 Å². The first kappa shape index (κ1) is 15.9. The Morgan fingerprint density at radius 1 is 1.24 bits per heavy atom. The van der Waals surface area contributed by atoms with E-state index in [-0.39, 0.29) is 16.1 Å². The SMILES string of the molecule is CC(C)Oc1cncc(C(O)c2ccc(F)c(F)c2Br)c1. The second kappa shape index (κ2) is 6.49. The molecule has 1 atom stereocenters. The van der Waals surface area contributed by atoms with Gasteiger partial charge in [0.2, 0.25) is 0 Å². The smallest absolute Gasteiger partial charge is 0.173 e. The van der Waals surface area contributed by atoms with E-state index in [1.54, 1.807) is 6.07 Å². The van der Waals surface area contributed by atoms with Gasteiger partial charge in [-0.05, 0) is 41.9 Å². The van der Waals surface area contributed by atoms with E-state index in [0.29, 0.717) is 11.3 Å². The highest BCUT2D eigenvalue weighted by Crippen LogP contribution is 2.32. The molecular formula is C15H14BrF2NO2. The van der Waals surface area contributed by atoms with Crippen molar-refractivity contribution in [2.45, 2.75) is 26.1 Å². The van der Waals surface area contributed by atoms with E-state index in [1.807, 2.05) is 13.8 Å². The van der Waals surface area contributed by atoms with Crippen molar-refractivity contribution in [1.29, 1.82) is 0 Å². The van der Waals surface area contributed by atoms with Gasteiger partial charge < -0.3 is 9.84 Å². The van der Waals surface area contributed by atoms with E-state index in [1.165, 1.54) is 18.5 Å². The van der Waals surface area contributed by atoms with Crippen LogP contribution in [0.1, 0.15) is 31.1 Å². The van der Waals surface area contributed by atoms with Crippen LogP contribution in [0, 0.1) is 11.6 Å². The number of hydrogen-bond acceptors (Lipinski definition) is 3. The molecule has 0 aliphatic rings. The van der Waals surface area contributed by atoms with E-state index < -0.39 is 17.7 Å². The molecule has 0 aliphatic carbocycles. The molecule has 1 aromatic carbocycles. The predicted molar refractivity (Wildman–Crippen MR) is 78.1 cm³/mol. The lowest BCUT2D eigenvalue weighted by Crippen LogP contribution is -2.08. The molecule has 1 aromatic heterocycles. The Bertz CT molecular complexity index is 650. The second-order valence-electron chi connectivity index (χ2n) is 4.79. The number of pyridine rings is 1. The molecular weight excluding hydrogens is 344 g/mol. The highest BCUT2D eigenvalue weighted by Gasteiger charge is 2.19. The summed E-state index contributed by atoms with van der Waals surface area (Å²) in [6.07, 6.45) is 1.80. The van der Waals surface area contributed by atoms with Crippen LogP contribution in [0.5, 0.6) is 5.75 Å². The molecule has 3 nitrogen and oxygen atoms in total. The lowest BCUT2D eigenvalue weighted by Gasteiger charge is -2.15. The number of rotatable bonds is 4. The molecule has 0 amide bonds. The third kappa shape index (κ3) is 3.57. The average Bonchev–Trinajstić information content (AvgIpc) is 2.44. The van der Waals surface area contributed by atoms with Crippen molar-refractivity contribution >= 4 is 15.9 Å². The summed E-state index contributed by atoms with van der Waals surface area (Å²) in [6.45, 7) is 3.74. The third-order valence-electron chi connectivity index (χ3n) is 2.78. The van der Waals surface area contributed by atoms with Gasteiger partial charge in [0.15, 0.2) is 11.6 Å². The monoisotopic (exact) mass is 357 g/mol. The molecule has 112 valence electrons. The van der Waals surface area contributed by atoms with Gasteiger partial charge in [0.25, 0.3) is 0 Å². The summed E-state index contributed by atoms with van der Waals surface area (Å²) < 4.78 is 32.0. The highest BCUT2D eigenvalue weighted by atomic mass is 79.9. The molecule has 0 fully saturated rings. The van der Waals surface area contributed by atoms with Crippen LogP contribution in [0.25, 0.3) is 0 Å². The van der Waals surface area contributed by atoms with Gasteiger partial charge in [0.05, 0.1) is 16.8 Å². The fourth-order valence-corrected chi connectivity index (χ4v) is 2.39. The van der Waals surface area contributed by atoms with Gasteiger partial charge in [-0.3, -0.25) is 4.98 Å². The fraction of sp³-hybridized carbons (Fsp3) is 0.267. The first-order chi connectivity index (χ1) is 9.90. The number of ether oxygens (including phenoxy) is 1. The summed E-state index contributed by atoms with van der Waals surface area (Å²) >= 11 is 2.96. The van der Waals surface area contributed by atoms with Gasteiger partial charge in [-0.1, -0.05) is 6.07 Å². The van der Waals surface area contributed by atoms with Crippen LogP contribution in [0.4, 0.5) is 8.78 Å². The van der Waals surface area contributed by atoms with E-state index >= 15 is 0 Å². The molecule has 0 aliphatic heterocycles. The molecule has 1 unspecified atom stereocenters. The van der Waals surface area contributed by atoms with Gasteiger partial charge >= 0.3 is 0 Å². The van der Waals surface area contributed by atoms with E-state index in [4.69, 9.17) is 4.74 Å². The molecule has 0 spiro atoms. The van der Waals surface area contributed by atoms with Crippen molar-refractivity contribution in [1.82, 2.24) is 4.98 Å². The molecule has 1 N–H and O–H groups in total. The Labute approximate surface area is 129 Å². The van der Waals surface area contributed by atoms with Crippen molar-refractivity contribution in [3.05, 3.63) is 57.8 Å². The van der Waals surface area contributed by atoms with Gasteiger partial charge in [-0.15, -0.1) is 0 Å². The molecule has 1 heterocycles. The van der Waals surface area contributed by atoms with Crippen molar-refractivity contribution in [3.8, 4) is 5.75 Å². The van der Waals surface area contributed by atoms with Crippen molar-refractivity contribution in [2.75, 3.05) is 0 Å². The minimum atomic E-state index is -1.14. The summed E-state index contributed by atoms with van der Waals surface area (Å²) in [7, 11) is 0. The number of hydrogen-bond donors (Lipinski definition) is 1. The van der Waals surface area contributed by atoms with Crippen LogP contribution >= 0.6 is 15.9 Å². The Morgan fingerprint density at radius 2 is 1.95 bits per heavy atom. The molecule has 2 aromatic rings. The van der Waals surface area contributed by atoms with Gasteiger partial charge in [0, 0.05) is 17.3 Å². The molecule has 6 heteroatoms. The quantitative estimate of drug-likeness (QED) is 0.841. The summed E-state index contributed by atoms with van der Waals surface area (Å²) in [4.78, 5) is 3.99. The average molecular weight is 358 g/mol. The fourth-order valence-electron chi connectivity index (χ4n) is 1.85. The van der Waals surface area contributed by atoms with Gasteiger partial charge in [-0.2, -0.15) is 0 Å². The van der Waals surface area contributed by atoms with Crippen LogP contribution in [0.15, 0.2) is 35.1 Å². The zero-order valence-corrected chi connectivity index (χ0v) is 13.1. The Hall–Kier alpha value is -1.53. The van der Waals surface area contributed by atoms with E-state index in [2.05, 4.69) is 20.9 Å². The number of halogens is 3. The van der Waals surface area contributed by atoms with Crippen LogP contribution < -0.4 is 4.74 Å². The first-order valence-electron chi connectivity index (χ1n) is 6.33. The standard InChI is InChI=1S/C15H14BrF2NO2/c1-8(2)21-10-5-9(6-19-7-10)15(20)11-3-4-12(17)14(18)13(11)16/h3-8,15,20H,1-2H3. The molecule has 0 radical (unpaired) electrons. The zero-order valence-electron chi connectivity index (χ0n) is 11.5. The van der Waals surface area contributed by atoms with Crippen molar-refractivity contribution in [3.63, 3.8) is 0 Å².